The van der Waals surface area contributed by atoms with Crippen LogP contribution in [0, 0.1) is 6.92 Å². The number of carbonyl (C=O) groups excluding carboxylic acids is 1. The molecule has 6 nitrogen and oxygen atoms in total. The van der Waals surface area contributed by atoms with Crippen molar-refractivity contribution in [3.8, 4) is 11.5 Å². The number of carbonyl (C=O) groups is 1. The first-order valence-electron chi connectivity index (χ1n) is 8.33. The van der Waals surface area contributed by atoms with E-state index in [1.165, 1.54) is 14.2 Å². The zero-order chi connectivity index (χ0) is 19.4. The third-order valence-electron chi connectivity index (χ3n) is 4.12. The van der Waals surface area contributed by atoms with E-state index in [0.717, 1.165) is 11.3 Å². The van der Waals surface area contributed by atoms with Crippen LogP contribution in [0.5, 0.6) is 11.5 Å². The third-order valence-corrected chi connectivity index (χ3v) is 4.38. The van der Waals surface area contributed by atoms with Crippen molar-refractivity contribution >= 4 is 23.3 Å². The molecule has 140 valence electrons. The van der Waals surface area contributed by atoms with Crippen LogP contribution in [-0.4, -0.2) is 29.9 Å². The van der Waals surface area contributed by atoms with Crippen molar-refractivity contribution in [1.29, 1.82) is 0 Å². The SMILES string of the molecule is COc1cccc(OC)c1C(=O)Nc1cc(C)n(Cc2ccc(Cl)cc2)n1. The van der Waals surface area contributed by atoms with Crippen LogP contribution in [0.15, 0.2) is 48.5 Å². The number of nitrogens with one attached hydrogen (secondary N) is 1. The van der Waals surface area contributed by atoms with E-state index < -0.39 is 0 Å². The van der Waals surface area contributed by atoms with Gasteiger partial charge in [0.2, 0.25) is 0 Å². The van der Waals surface area contributed by atoms with Crippen molar-refractivity contribution in [2.75, 3.05) is 19.5 Å². The molecular weight excluding hydrogens is 366 g/mol. The molecule has 7 heteroatoms. The van der Waals surface area contributed by atoms with Gasteiger partial charge in [0.15, 0.2) is 5.82 Å². The van der Waals surface area contributed by atoms with Crippen LogP contribution >= 0.6 is 11.6 Å². The molecule has 0 aliphatic carbocycles. The highest BCUT2D eigenvalue weighted by Crippen LogP contribution is 2.29. The maximum absolute atomic E-state index is 12.8. The molecule has 0 unspecified atom stereocenters. The summed E-state index contributed by atoms with van der Waals surface area (Å²) >= 11 is 5.92. The minimum Gasteiger partial charge on any atom is -0.496 e. The number of methoxy groups -OCH3 is 2. The Balaban J connectivity index is 1.81. The van der Waals surface area contributed by atoms with E-state index in [1.54, 1.807) is 18.2 Å². The van der Waals surface area contributed by atoms with E-state index >= 15 is 0 Å². The molecule has 0 saturated carbocycles. The van der Waals surface area contributed by atoms with Crippen LogP contribution in [-0.2, 0) is 6.54 Å². The van der Waals surface area contributed by atoms with E-state index in [-0.39, 0.29) is 5.91 Å². The van der Waals surface area contributed by atoms with Crippen LogP contribution in [0.2, 0.25) is 5.02 Å². The molecular formula is C20H20ClN3O3. The average Bonchev–Trinajstić information content (AvgIpc) is 3.01. The average molecular weight is 386 g/mol. The Labute approximate surface area is 162 Å². The highest BCUT2D eigenvalue weighted by Gasteiger charge is 2.19. The maximum atomic E-state index is 12.8. The summed E-state index contributed by atoms with van der Waals surface area (Å²) in [6, 6.07) is 14.6. The Hall–Kier alpha value is -2.99. The lowest BCUT2D eigenvalue weighted by Crippen LogP contribution is -2.15. The molecule has 2 aromatic carbocycles. The summed E-state index contributed by atoms with van der Waals surface area (Å²) in [5, 5.41) is 7.98. The van der Waals surface area contributed by atoms with Crippen molar-refractivity contribution in [1.82, 2.24) is 9.78 Å². The molecule has 1 amide bonds. The van der Waals surface area contributed by atoms with Crippen molar-refractivity contribution in [3.05, 3.63) is 70.4 Å². The molecule has 0 fully saturated rings. The summed E-state index contributed by atoms with van der Waals surface area (Å²) in [5.41, 5.74) is 2.31. The monoisotopic (exact) mass is 385 g/mol. The number of nitrogens with zero attached hydrogens (tertiary/aromatic N) is 2. The van der Waals surface area contributed by atoms with Gasteiger partial charge in [0.1, 0.15) is 17.1 Å². The van der Waals surface area contributed by atoms with Gasteiger partial charge < -0.3 is 14.8 Å². The van der Waals surface area contributed by atoms with Crippen LogP contribution in [0.25, 0.3) is 0 Å². The molecule has 3 aromatic rings. The van der Waals surface area contributed by atoms with E-state index in [0.29, 0.717) is 34.4 Å². The minimum absolute atomic E-state index is 0.326. The van der Waals surface area contributed by atoms with E-state index in [2.05, 4.69) is 10.4 Å². The van der Waals surface area contributed by atoms with Gasteiger partial charge in [-0.3, -0.25) is 9.48 Å². The van der Waals surface area contributed by atoms with Crippen LogP contribution in [0.3, 0.4) is 0 Å². The fraction of sp³-hybridized carbons (Fsp3) is 0.200. The van der Waals surface area contributed by atoms with E-state index in [9.17, 15) is 4.79 Å². The molecule has 0 spiro atoms. The number of hydrogen-bond donors (Lipinski definition) is 1. The molecule has 1 heterocycles. The fourth-order valence-corrected chi connectivity index (χ4v) is 2.87. The number of amides is 1. The van der Waals surface area contributed by atoms with Gasteiger partial charge in [-0.15, -0.1) is 0 Å². The molecule has 0 radical (unpaired) electrons. The molecule has 0 saturated heterocycles. The normalized spacial score (nSPS) is 10.5. The highest BCUT2D eigenvalue weighted by atomic mass is 35.5. The summed E-state index contributed by atoms with van der Waals surface area (Å²) < 4.78 is 12.4. The number of aromatic nitrogens is 2. The van der Waals surface area contributed by atoms with Gasteiger partial charge in [0.05, 0.1) is 20.8 Å². The van der Waals surface area contributed by atoms with Gasteiger partial charge in [0, 0.05) is 16.8 Å². The van der Waals surface area contributed by atoms with Crippen LogP contribution < -0.4 is 14.8 Å². The van der Waals surface area contributed by atoms with Gasteiger partial charge in [-0.25, -0.2) is 0 Å². The van der Waals surface area contributed by atoms with Gasteiger partial charge in [-0.1, -0.05) is 29.8 Å². The first-order chi connectivity index (χ1) is 13.0. The van der Waals surface area contributed by atoms with Crippen LogP contribution in [0.4, 0.5) is 5.82 Å². The smallest absolute Gasteiger partial charge is 0.264 e. The third kappa shape index (κ3) is 4.23. The van der Waals surface area contributed by atoms with Gasteiger partial charge in [-0.2, -0.15) is 5.10 Å². The quantitative estimate of drug-likeness (QED) is 0.691. The lowest BCUT2D eigenvalue weighted by molar-refractivity contribution is 0.102. The Morgan fingerprint density at radius 3 is 2.33 bits per heavy atom. The minimum atomic E-state index is -0.347. The summed E-state index contributed by atoms with van der Waals surface area (Å²) in [7, 11) is 3.02. The van der Waals surface area contributed by atoms with Crippen molar-refractivity contribution in [3.63, 3.8) is 0 Å². The highest BCUT2D eigenvalue weighted by molar-refractivity contribution is 6.30. The number of anilines is 1. The Morgan fingerprint density at radius 2 is 1.74 bits per heavy atom. The topological polar surface area (TPSA) is 65.4 Å². The van der Waals surface area contributed by atoms with Crippen molar-refractivity contribution in [2.45, 2.75) is 13.5 Å². The lowest BCUT2D eigenvalue weighted by Gasteiger charge is -2.12. The number of rotatable bonds is 6. The van der Waals surface area contributed by atoms with Gasteiger partial charge >= 0.3 is 0 Å². The van der Waals surface area contributed by atoms with Crippen molar-refractivity contribution in [2.24, 2.45) is 0 Å². The van der Waals surface area contributed by atoms with E-state index in [4.69, 9.17) is 21.1 Å². The fourth-order valence-electron chi connectivity index (χ4n) is 2.75. The molecule has 1 N–H and O–H groups in total. The molecule has 0 bridgehead atoms. The molecule has 0 atom stereocenters. The van der Waals surface area contributed by atoms with Gasteiger partial charge in [-0.05, 0) is 36.8 Å². The summed E-state index contributed by atoms with van der Waals surface area (Å²) in [4.78, 5) is 12.8. The molecule has 3 rings (SSSR count). The molecule has 0 aliphatic rings. The first kappa shape index (κ1) is 18.8. The number of aryl methyl sites for hydroxylation is 1. The summed E-state index contributed by atoms with van der Waals surface area (Å²) in [6.07, 6.45) is 0. The zero-order valence-electron chi connectivity index (χ0n) is 15.3. The number of hydrogen-bond acceptors (Lipinski definition) is 4. The summed E-state index contributed by atoms with van der Waals surface area (Å²) in [5.74, 6) is 0.980. The second-order valence-electron chi connectivity index (χ2n) is 5.95. The summed E-state index contributed by atoms with van der Waals surface area (Å²) in [6.45, 7) is 2.51. The Bertz CT molecular complexity index is 929. The van der Waals surface area contributed by atoms with E-state index in [1.807, 2.05) is 41.9 Å². The van der Waals surface area contributed by atoms with Crippen LogP contribution in [0.1, 0.15) is 21.6 Å². The molecule has 1 aromatic heterocycles. The second kappa shape index (κ2) is 8.14. The van der Waals surface area contributed by atoms with Crippen molar-refractivity contribution < 1.29 is 14.3 Å². The first-order valence-corrected chi connectivity index (χ1v) is 8.71. The largest absolute Gasteiger partial charge is 0.496 e. The standard InChI is InChI=1S/C20H20ClN3O3/c1-13-11-18(23-24(13)12-14-7-9-15(21)10-8-14)22-20(25)19-16(26-2)5-4-6-17(19)27-3/h4-11H,12H2,1-3H3,(H,22,23,25). The number of ether oxygens (including phenoxy) is 2. The molecule has 27 heavy (non-hydrogen) atoms. The van der Waals surface area contributed by atoms with Gasteiger partial charge in [0.25, 0.3) is 5.91 Å². The zero-order valence-corrected chi connectivity index (χ0v) is 16.1. The predicted octanol–water partition coefficient (Wildman–Crippen LogP) is 4.16. The Kier molecular flexibility index (Phi) is 5.66. The number of halogens is 1. The number of benzene rings is 2. The lowest BCUT2D eigenvalue weighted by atomic mass is 10.1. The molecule has 0 aliphatic heterocycles. The maximum Gasteiger partial charge on any atom is 0.264 e. The second-order valence-corrected chi connectivity index (χ2v) is 6.38. The Morgan fingerprint density at radius 1 is 1.11 bits per heavy atom. The predicted molar refractivity (Wildman–Crippen MR) is 105 cm³/mol.